The van der Waals surface area contributed by atoms with Crippen molar-refractivity contribution >= 4 is 11.7 Å². The highest BCUT2D eigenvalue weighted by molar-refractivity contribution is 5.98. The lowest BCUT2D eigenvalue weighted by molar-refractivity contribution is 0.101. The van der Waals surface area contributed by atoms with Gasteiger partial charge in [-0.15, -0.1) is 0 Å². The first-order valence-electron chi connectivity index (χ1n) is 4.95. The van der Waals surface area contributed by atoms with E-state index in [0.29, 0.717) is 11.5 Å². The first-order chi connectivity index (χ1) is 7.75. The minimum Gasteiger partial charge on any atom is -0.347 e. The summed E-state index contributed by atoms with van der Waals surface area (Å²) in [5, 5.41) is 9.16. The lowest BCUT2D eigenvalue weighted by Gasteiger charge is -2.02. The summed E-state index contributed by atoms with van der Waals surface area (Å²) in [6, 6.07) is 7.48. The molecule has 5 nitrogen and oxygen atoms in total. The number of nitrogens with zero attached hydrogens (tertiary/aromatic N) is 2. The molecule has 5 heteroatoms. The maximum absolute atomic E-state index is 11.7. The Morgan fingerprint density at radius 2 is 2.12 bits per heavy atom. The quantitative estimate of drug-likeness (QED) is 0.758. The number of H-pyrrole nitrogens is 1. The zero-order chi connectivity index (χ0) is 11.4. The molecule has 2 aromatic rings. The van der Waals surface area contributed by atoms with E-state index < -0.39 is 0 Å². The molecule has 16 heavy (non-hydrogen) atoms. The number of nitrogens with one attached hydrogen (secondary N) is 2. The fraction of sp³-hybridized carbons (Fsp3) is 0.182. The number of carbonyl (C=O) groups is 1. The van der Waals surface area contributed by atoms with E-state index in [0.717, 1.165) is 5.56 Å². The molecule has 2 rings (SSSR count). The van der Waals surface area contributed by atoms with Crippen LogP contribution in [0, 0.1) is 6.92 Å². The number of benzene rings is 1. The molecule has 82 valence electrons. The van der Waals surface area contributed by atoms with Gasteiger partial charge in [0.1, 0.15) is 6.33 Å². The zero-order valence-corrected chi connectivity index (χ0v) is 8.90. The third-order valence-corrected chi connectivity index (χ3v) is 2.20. The number of aryl methyl sites for hydroxylation is 1. The molecule has 1 aromatic carbocycles. The van der Waals surface area contributed by atoms with Gasteiger partial charge in [-0.25, -0.2) is 10.1 Å². The molecule has 0 atom stereocenters. The van der Waals surface area contributed by atoms with E-state index in [1.807, 2.05) is 31.2 Å². The van der Waals surface area contributed by atoms with Crippen LogP contribution >= 0.6 is 0 Å². The van der Waals surface area contributed by atoms with Crippen LogP contribution in [0.25, 0.3) is 0 Å². The second-order valence-corrected chi connectivity index (χ2v) is 3.48. The Kier molecular flexibility index (Phi) is 2.95. The van der Waals surface area contributed by atoms with Gasteiger partial charge in [0, 0.05) is 5.56 Å². The van der Waals surface area contributed by atoms with Gasteiger partial charge in [0.25, 0.3) is 0 Å². The molecule has 0 radical (unpaired) electrons. The van der Waals surface area contributed by atoms with Crippen molar-refractivity contribution in [2.45, 2.75) is 6.92 Å². The first-order valence-corrected chi connectivity index (χ1v) is 4.95. The van der Waals surface area contributed by atoms with Crippen molar-refractivity contribution in [1.29, 1.82) is 0 Å². The molecule has 1 heterocycles. The molecular formula is C11H12N4O. The average Bonchev–Trinajstić information content (AvgIpc) is 2.80. The SMILES string of the molecule is Cc1ccc(C(=O)CNc2ncn[nH]2)cc1. The van der Waals surface area contributed by atoms with Crippen molar-refractivity contribution in [2.24, 2.45) is 0 Å². The highest BCUT2D eigenvalue weighted by atomic mass is 16.1. The third-order valence-electron chi connectivity index (χ3n) is 2.20. The minimum absolute atomic E-state index is 0.0244. The molecule has 0 saturated heterocycles. The fourth-order valence-corrected chi connectivity index (χ4v) is 1.30. The second-order valence-electron chi connectivity index (χ2n) is 3.48. The van der Waals surface area contributed by atoms with Crippen LogP contribution in [0.3, 0.4) is 0 Å². The average molecular weight is 216 g/mol. The summed E-state index contributed by atoms with van der Waals surface area (Å²) in [4.78, 5) is 15.6. The molecule has 0 amide bonds. The van der Waals surface area contributed by atoms with Crippen LogP contribution < -0.4 is 5.32 Å². The first kappa shape index (κ1) is 10.4. The summed E-state index contributed by atoms with van der Waals surface area (Å²) in [7, 11) is 0. The number of carbonyl (C=O) groups excluding carboxylic acids is 1. The lowest BCUT2D eigenvalue weighted by atomic mass is 10.1. The molecule has 2 N–H and O–H groups in total. The van der Waals surface area contributed by atoms with E-state index in [1.54, 1.807) is 0 Å². The Balaban J connectivity index is 1.95. The normalized spacial score (nSPS) is 10.1. The number of aromatic amines is 1. The second kappa shape index (κ2) is 4.57. The van der Waals surface area contributed by atoms with Crippen molar-refractivity contribution in [3.05, 3.63) is 41.7 Å². The number of Topliss-reactive ketones (excluding diaryl/α,β-unsaturated/α-hetero) is 1. The standard InChI is InChI=1S/C11H12N4O/c1-8-2-4-9(5-3-8)10(16)6-12-11-13-7-14-15-11/h2-5,7H,6H2,1H3,(H2,12,13,14,15). The highest BCUT2D eigenvalue weighted by Crippen LogP contribution is 2.04. The van der Waals surface area contributed by atoms with E-state index in [2.05, 4.69) is 20.5 Å². The van der Waals surface area contributed by atoms with Crippen molar-refractivity contribution in [3.8, 4) is 0 Å². The van der Waals surface area contributed by atoms with E-state index in [9.17, 15) is 4.79 Å². The predicted molar refractivity (Wildman–Crippen MR) is 60.4 cm³/mol. The van der Waals surface area contributed by atoms with Gasteiger partial charge in [-0.3, -0.25) is 4.79 Å². The van der Waals surface area contributed by atoms with Crippen LogP contribution in [0.4, 0.5) is 5.95 Å². The number of aromatic nitrogens is 3. The fourth-order valence-electron chi connectivity index (χ4n) is 1.30. The number of anilines is 1. The molecule has 0 aliphatic rings. The van der Waals surface area contributed by atoms with Gasteiger partial charge in [0.2, 0.25) is 5.95 Å². The molecule has 0 spiro atoms. The topological polar surface area (TPSA) is 70.7 Å². The van der Waals surface area contributed by atoms with Crippen molar-refractivity contribution < 1.29 is 4.79 Å². The van der Waals surface area contributed by atoms with E-state index in [4.69, 9.17) is 0 Å². The Bertz CT molecular complexity index is 461. The van der Waals surface area contributed by atoms with E-state index in [1.165, 1.54) is 6.33 Å². The van der Waals surface area contributed by atoms with Gasteiger partial charge in [0.15, 0.2) is 5.78 Å². The minimum atomic E-state index is 0.0244. The monoisotopic (exact) mass is 216 g/mol. The van der Waals surface area contributed by atoms with Gasteiger partial charge in [-0.1, -0.05) is 29.8 Å². The molecule has 0 fully saturated rings. The molecule has 0 unspecified atom stereocenters. The van der Waals surface area contributed by atoms with Crippen LogP contribution in [0.1, 0.15) is 15.9 Å². The van der Waals surface area contributed by atoms with Crippen molar-refractivity contribution in [3.63, 3.8) is 0 Å². The molecular weight excluding hydrogens is 204 g/mol. The van der Waals surface area contributed by atoms with Gasteiger partial charge in [0.05, 0.1) is 6.54 Å². The van der Waals surface area contributed by atoms with Crippen LogP contribution in [-0.2, 0) is 0 Å². The molecule has 0 aliphatic carbocycles. The molecule has 0 bridgehead atoms. The van der Waals surface area contributed by atoms with E-state index in [-0.39, 0.29) is 12.3 Å². The maximum Gasteiger partial charge on any atom is 0.218 e. The number of ketones is 1. The smallest absolute Gasteiger partial charge is 0.218 e. The molecule has 0 saturated carbocycles. The zero-order valence-electron chi connectivity index (χ0n) is 8.90. The van der Waals surface area contributed by atoms with Gasteiger partial charge in [-0.2, -0.15) is 5.10 Å². The third kappa shape index (κ3) is 2.44. The van der Waals surface area contributed by atoms with Crippen LogP contribution in [0.15, 0.2) is 30.6 Å². The molecule has 0 aliphatic heterocycles. The summed E-state index contributed by atoms with van der Waals surface area (Å²) in [6.45, 7) is 2.19. The van der Waals surface area contributed by atoms with Crippen LogP contribution in [-0.4, -0.2) is 27.5 Å². The van der Waals surface area contributed by atoms with Crippen LogP contribution in [0.2, 0.25) is 0 Å². The summed E-state index contributed by atoms with van der Waals surface area (Å²) >= 11 is 0. The van der Waals surface area contributed by atoms with E-state index >= 15 is 0 Å². The van der Waals surface area contributed by atoms with Gasteiger partial charge < -0.3 is 5.32 Å². The Labute approximate surface area is 92.9 Å². The Hall–Kier alpha value is -2.17. The van der Waals surface area contributed by atoms with Gasteiger partial charge >= 0.3 is 0 Å². The van der Waals surface area contributed by atoms with Gasteiger partial charge in [-0.05, 0) is 6.92 Å². The number of hydrogen-bond acceptors (Lipinski definition) is 4. The van der Waals surface area contributed by atoms with Crippen LogP contribution in [0.5, 0.6) is 0 Å². The highest BCUT2D eigenvalue weighted by Gasteiger charge is 2.05. The maximum atomic E-state index is 11.7. The Morgan fingerprint density at radius 1 is 1.38 bits per heavy atom. The largest absolute Gasteiger partial charge is 0.347 e. The van der Waals surface area contributed by atoms with Crippen molar-refractivity contribution in [1.82, 2.24) is 15.2 Å². The Morgan fingerprint density at radius 3 is 2.75 bits per heavy atom. The summed E-state index contributed by atoms with van der Waals surface area (Å²) in [5.74, 6) is 0.525. The number of hydrogen-bond donors (Lipinski definition) is 2. The predicted octanol–water partition coefficient (Wildman–Crippen LogP) is 1.41. The summed E-state index contributed by atoms with van der Waals surface area (Å²) in [5.41, 5.74) is 1.83. The number of rotatable bonds is 4. The lowest BCUT2D eigenvalue weighted by Crippen LogP contribution is -2.14. The summed E-state index contributed by atoms with van der Waals surface area (Å²) < 4.78 is 0. The van der Waals surface area contributed by atoms with Crippen molar-refractivity contribution in [2.75, 3.05) is 11.9 Å². The molecule has 1 aromatic heterocycles. The summed E-state index contributed by atoms with van der Waals surface area (Å²) in [6.07, 6.45) is 1.39.